The van der Waals surface area contributed by atoms with Crippen LogP contribution < -0.4 is 10.6 Å². The third kappa shape index (κ3) is 4.71. The van der Waals surface area contributed by atoms with Crippen LogP contribution in [0.15, 0.2) is 79.0 Å². The van der Waals surface area contributed by atoms with Gasteiger partial charge in [-0.2, -0.15) is 5.10 Å². The number of aryl methyl sites for hydroxylation is 1. The minimum absolute atomic E-state index is 0.200. The number of carbonyl (C=O) groups excluding carboxylic acids is 2. The summed E-state index contributed by atoms with van der Waals surface area (Å²) in [5.74, 6) is -0.535. The molecule has 4 aromatic rings. The number of nitrogens with zero attached hydrogens (tertiary/aromatic N) is 2. The highest BCUT2D eigenvalue weighted by molar-refractivity contribution is 6.34. The van der Waals surface area contributed by atoms with Crippen LogP contribution in [0.3, 0.4) is 0 Å². The molecule has 0 unspecified atom stereocenters. The first kappa shape index (κ1) is 21.3. The zero-order chi connectivity index (χ0) is 22.7. The molecule has 0 bridgehead atoms. The van der Waals surface area contributed by atoms with E-state index in [1.807, 2.05) is 61.5 Å². The van der Waals surface area contributed by atoms with Crippen molar-refractivity contribution in [2.24, 2.45) is 0 Å². The molecule has 1 heterocycles. The molecule has 32 heavy (non-hydrogen) atoms. The van der Waals surface area contributed by atoms with E-state index in [0.717, 1.165) is 16.8 Å². The molecular weight excluding hydrogens is 424 g/mol. The first-order chi connectivity index (χ1) is 15.4. The van der Waals surface area contributed by atoms with Crippen LogP contribution in [0.2, 0.25) is 5.02 Å². The van der Waals surface area contributed by atoms with E-state index in [-0.39, 0.29) is 11.8 Å². The first-order valence-electron chi connectivity index (χ1n) is 10.0. The molecule has 0 aliphatic rings. The number of aromatic nitrogens is 2. The van der Waals surface area contributed by atoms with E-state index in [1.165, 1.54) is 6.92 Å². The minimum atomic E-state index is -0.335. The van der Waals surface area contributed by atoms with Crippen molar-refractivity contribution in [1.29, 1.82) is 0 Å². The summed E-state index contributed by atoms with van der Waals surface area (Å²) in [5.41, 5.74) is 4.74. The first-order valence-corrected chi connectivity index (χ1v) is 10.4. The molecule has 0 aliphatic carbocycles. The zero-order valence-electron chi connectivity index (χ0n) is 17.6. The van der Waals surface area contributed by atoms with Gasteiger partial charge in [0, 0.05) is 24.4 Å². The number of hydrogen-bond acceptors (Lipinski definition) is 3. The van der Waals surface area contributed by atoms with E-state index in [0.29, 0.717) is 27.7 Å². The number of benzene rings is 3. The molecule has 2 N–H and O–H groups in total. The van der Waals surface area contributed by atoms with E-state index in [4.69, 9.17) is 16.7 Å². The Bertz CT molecular complexity index is 1300. The number of halogens is 1. The lowest BCUT2D eigenvalue weighted by Crippen LogP contribution is -2.13. The predicted octanol–water partition coefficient (Wildman–Crippen LogP) is 5.71. The highest BCUT2D eigenvalue weighted by Gasteiger charge is 2.20. The molecule has 0 aliphatic heterocycles. The number of rotatable bonds is 5. The quantitative estimate of drug-likeness (QED) is 0.413. The summed E-state index contributed by atoms with van der Waals surface area (Å²) >= 11 is 6.34. The second kappa shape index (κ2) is 9.08. The summed E-state index contributed by atoms with van der Waals surface area (Å²) in [6.45, 7) is 3.41. The molecular formula is C25H21ClN4O2. The van der Waals surface area contributed by atoms with E-state index in [2.05, 4.69) is 10.6 Å². The molecule has 0 radical (unpaired) electrons. The molecule has 1 aromatic heterocycles. The third-order valence-electron chi connectivity index (χ3n) is 4.81. The van der Waals surface area contributed by atoms with Crippen LogP contribution in [0.25, 0.3) is 16.9 Å². The largest absolute Gasteiger partial charge is 0.326 e. The van der Waals surface area contributed by atoms with Crippen LogP contribution in [0, 0.1) is 6.92 Å². The van der Waals surface area contributed by atoms with Crippen molar-refractivity contribution in [2.45, 2.75) is 13.8 Å². The van der Waals surface area contributed by atoms with Crippen molar-refractivity contribution < 1.29 is 9.59 Å². The van der Waals surface area contributed by atoms with Crippen LogP contribution in [-0.2, 0) is 4.79 Å². The van der Waals surface area contributed by atoms with Gasteiger partial charge < -0.3 is 10.6 Å². The number of para-hydroxylation sites is 1. The van der Waals surface area contributed by atoms with Crippen molar-refractivity contribution in [3.8, 4) is 16.9 Å². The Labute approximate surface area is 190 Å². The van der Waals surface area contributed by atoms with Crippen molar-refractivity contribution in [2.75, 3.05) is 10.6 Å². The number of anilines is 2. The maximum absolute atomic E-state index is 13.3. The van der Waals surface area contributed by atoms with Gasteiger partial charge in [0.25, 0.3) is 5.91 Å². The van der Waals surface area contributed by atoms with Crippen LogP contribution in [0.1, 0.15) is 22.8 Å². The van der Waals surface area contributed by atoms with Gasteiger partial charge in [0.1, 0.15) is 5.69 Å². The Hall–Kier alpha value is -3.90. The molecule has 2 amide bonds. The summed E-state index contributed by atoms with van der Waals surface area (Å²) in [6.07, 6.45) is 1.71. The lowest BCUT2D eigenvalue weighted by molar-refractivity contribution is -0.114. The fraction of sp³-hybridized carbons (Fsp3) is 0.0800. The SMILES string of the molecule is CC(=O)Nc1ccc(NC(=O)c2cn(-c3ccccc3)nc2-c2cccc(C)c2)c(Cl)c1. The van der Waals surface area contributed by atoms with Gasteiger partial charge in [-0.25, -0.2) is 4.68 Å². The maximum Gasteiger partial charge on any atom is 0.259 e. The standard InChI is InChI=1S/C25H21ClN4O2/c1-16-7-6-8-18(13-16)24-21(15-30(29-24)20-9-4-3-5-10-20)25(32)28-23-12-11-19(14-22(23)26)27-17(2)31/h3-15H,1-2H3,(H,27,31)(H,28,32). The van der Waals surface area contributed by atoms with Crippen LogP contribution >= 0.6 is 11.6 Å². The monoisotopic (exact) mass is 444 g/mol. The number of hydrogen-bond donors (Lipinski definition) is 2. The van der Waals surface area contributed by atoms with Gasteiger partial charge in [0.2, 0.25) is 5.91 Å². The van der Waals surface area contributed by atoms with Gasteiger partial charge in [-0.15, -0.1) is 0 Å². The zero-order valence-corrected chi connectivity index (χ0v) is 18.4. The smallest absolute Gasteiger partial charge is 0.259 e. The number of amides is 2. The van der Waals surface area contributed by atoms with Crippen molar-refractivity contribution in [1.82, 2.24) is 9.78 Å². The fourth-order valence-electron chi connectivity index (χ4n) is 3.35. The van der Waals surface area contributed by atoms with Crippen LogP contribution in [-0.4, -0.2) is 21.6 Å². The lowest BCUT2D eigenvalue weighted by atomic mass is 10.1. The van der Waals surface area contributed by atoms with Crippen molar-refractivity contribution in [3.63, 3.8) is 0 Å². The van der Waals surface area contributed by atoms with Crippen molar-refractivity contribution in [3.05, 3.63) is 95.1 Å². The Kier molecular flexibility index (Phi) is 6.05. The second-order valence-corrected chi connectivity index (χ2v) is 7.78. The summed E-state index contributed by atoms with van der Waals surface area (Å²) in [4.78, 5) is 24.5. The topological polar surface area (TPSA) is 76.0 Å². The van der Waals surface area contributed by atoms with Gasteiger partial charge in [0.15, 0.2) is 0 Å². The Morgan fingerprint density at radius 2 is 1.72 bits per heavy atom. The van der Waals surface area contributed by atoms with Crippen molar-refractivity contribution >= 4 is 34.8 Å². The van der Waals surface area contributed by atoms with Gasteiger partial charge in [-0.05, 0) is 43.3 Å². The molecule has 6 nitrogen and oxygen atoms in total. The van der Waals surface area contributed by atoms with Crippen LogP contribution in [0.4, 0.5) is 11.4 Å². The molecule has 0 fully saturated rings. The molecule has 4 rings (SSSR count). The molecule has 0 saturated heterocycles. The Morgan fingerprint density at radius 3 is 2.41 bits per heavy atom. The summed E-state index contributed by atoms with van der Waals surface area (Å²) in [7, 11) is 0. The molecule has 7 heteroatoms. The molecule has 0 atom stereocenters. The van der Waals surface area contributed by atoms with E-state index >= 15 is 0 Å². The predicted molar refractivity (Wildman–Crippen MR) is 127 cm³/mol. The van der Waals surface area contributed by atoms with Gasteiger partial charge >= 0.3 is 0 Å². The summed E-state index contributed by atoms with van der Waals surface area (Å²) < 4.78 is 1.69. The second-order valence-electron chi connectivity index (χ2n) is 7.37. The Morgan fingerprint density at radius 1 is 0.938 bits per heavy atom. The molecule has 0 spiro atoms. The fourth-order valence-corrected chi connectivity index (χ4v) is 3.57. The highest BCUT2D eigenvalue weighted by Crippen LogP contribution is 2.29. The summed E-state index contributed by atoms with van der Waals surface area (Å²) in [6, 6.07) is 22.4. The number of carbonyl (C=O) groups is 2. The van der Waals surface area contributed by atoms with E-state index in [1.54, 1.807) is 29.1 Å². The van der Waals surface area contributed by atoms with Gasteiger partial charge in [-0.1, -0.05) is 53.6 Å². The summed E-state index contributed by atoms with van der Waals surface area (Å²) in [5, 5.41) is 10.5. The Balaban J connectivity index is 1.71. The number of nitrogens with one attached hydrogen (secondary N) is 2. The average Bonchev–Trinajstić information content (AvgIpc) is 3.22. The molecule has 3 aromatic carbocycles. The van der Waals surface area contributed by atoms with Gasteiger partial charge in [0.05, 0.1) is 22.0 Å². The molecule has 0 saturated carbocycles. The minimum Gasteiger partial charge on any atom is -0.326 e. The van der Waals surface area contributed by atoms with E-state index in [9.17, 15) is 9.59 Å². The van der Waals surface area contributed by atoms with Gasteiger partial charge in [-0.3, -0.25) is 9.59 Å². The molecule has 160 valence electrons. The average molecular weight is 445 g/mol. The highest BCUT2D eigenvalue weighted by atomic mass is 35.5. The lowest BCUT2D eigenvalue weighted by Gasteiger charge is -2.09. The van der Waals surface area contributed by atoms with Crippen LogP contribution in [0.5, 0.6) is 0 Å². The third-order valence-corrected chi connectivity index (χ3v) is 5.12. The maximum atomic E-state index is 13.3. The normalized spacial score (nSPS) is 10.6. The van der Waals surface area contributed by atoms with E-state index < -0.39 is 0 Å².